The minimum absolute atomic E-state index is 0.107. The highest BCUT2D eigenvalue weighted by Gasteiger charge is 2.28. The SMILES string of the molecule is COc1cc(CCC(=O)Nc2ccc(OCC(F)(F)F)c(C#N)c2)cc(OC)c1. The molecule has 0 fully saturated rings. The van der Waals surface area contributed by atoms with Gasteiger partial charge < -0.3 is 19.5 Å². The number of benzene rings is 2. The van der Waals surface area contributed by atoms with Gasteiger partial charge in [-0.2, -0.15) is 18.4 Å². The number of carbonyl (C=O) groups excluding carboxylic acids is 1. The average Bonchev–Trinajstić information content (AvgIpc) is 2.70. The summed E-state index contributed by atoms with van der Waals surface area (Å²) in [7, 11) is 3.06. The van der Waals surface area contributed by atoms with Gasteiger partial charge in [-0.05, 0) is 42.3 Å². The highest BCUT2D eigenvalue weighted by Crippen LogP contribution is 2.26. The Morgan fingerprint density at radius 1 is 1.10 bits per heavy atom. The Balaban J connectivity index is 1.99. The summed E-state index contributed by atoms with van der Waals surface area (Å²) in [4.78, 5) is 12.2. The Hall–Kier alpha value is -3.41. The molecule has 0 aliphatic rings. The van der Waals surface area contributed by atoms with Crippen LogP contribution >= 0.6 is 0 Å². The molecule has 0 spiro atoms. The molecule has 2 aromatic rings. The zero-order valence-electron chi connectivity index (χ0n) is 15.8. The largest absolute Gasteiger partial charge is 0.497 e. The first-order valence-electron chi connectivity index (χ1n) is 8.49. The topological polar surface area (TPSA) is 80.6 Å². The minimum Gasteiger partial charge on any atom is -0.497 e. The number of alkyl halides is 3. The summed E-state index contributed by atoms with van der Waals surface area (Å²) in [5.74, 6) is 0.687. The Morgan fingerprint density at radius 3 is 2.31 bits per heavy atom. The van der Waals surface area contributed by atoms with Crippen LogP contribution in [0.5, 0.6) is 17.2 Å². The molecule has 154 valence electrons. The van der Waals surface area contributed by atoms with Crippen LogP contribution in [0.4, 0.5) is 18.9 Å². The molecule has 0 radical (unpaired) electrons. The third-order valence-corrected chi connectivity index (χ3v) is 3.83. The van der Waals surface area contributed by atoms with Gasteiger partial charge in [0, 0.05) is 18.2 Å². The third-order valence-electron chi connectivity index (χ3n) is 3.83. The van der Waals surface area contributed by atoms with Gasteiger partial charge in [0.15, 0.2) is 6.61 Å². The Labute approximate surface area is 165 Å². The van der Waals surface area contributed by atoms with E-state index in [2.05, 4.69) is 10.1 Å². The van der Waals surface area contributed by atoms with Crippen LogP contribution in [0.25, 0.3) is 0 Å². The maximum Gasteiger partial charge on any atom is 0.422 e. The number of carbonyl (C=O) groups is 1. The lowest BCUT2D eigenvalue weighted by Crippen LogP contribution is -2.19. The van der Waals surface area contributed by atoms with Crippen LogP contribution in [0, 0.1) is 11.3 Å². The van der Waals surface area contributed by atoms with Crippen molar-refractivity contribution in [2.45, 2.75) is 19.0 Å². The highest BCUT2D eigenvalue weighted by molar-refractivity contribution is 5.91. The molecule has 0 heterocycles. The van der Waals surface area contributed by atoms with Crippen LogP contribution in [0.2, 0.25) is 0 Å². The molecule has 29 heavy (non-hydrogen) atoms. The van der Waals surface area contributed by atoms with Gasteiger partial charge in [-0.25, -0.2) is 0 Å². The minimum atomic E-state index is -4.51. The molecule has 9 heteroatoms. The summed E-state index contributed by atoms with van der Waals surface area (Å²) in [6, 6.07) is 10.9. The number of hydrogen-bond donors (Lipinski definition) is 1. The number of ether oxygens (including phenoxy) is 3. The van der Waals surface area contributed by atoms with E-state index in [1.807, 2.05) is 0 Å². The van der Waals surface area contributed by atoms with Gasteiger partial charge in [0.1, 0.15) is 23.3 Å². The molecule has 1 N–H and O–H groups in total. The fraction of sp³-hybridized carbons (Fsp3) is 0.300. The fourth-order valence-electron chi connectivity index (χ4n) is 2.47. The van der Waals surface area contributed by atoms with Crippen LogP contribution in [-0.4, -0.2) is 32.9 Å². The molecular formula is C20H19F3N2O4. The summed E-state index contributed by atoms with van der Waals surface area (Å²) in [6.45, 7) is -1.50. The lowest BCUT2D eigenvalue weighted by atomic mass is 10.1. The predicted molar refractivity (Wildman–Crippen MR) is 99.2 cm³/mol. The molecule has 1 amide bonds. The number of nitrogens with one attached hydrogen (secondary N) is 1. The van der Waals surface area contributed by atoms with Crippen molar-refractivity contribution in [3.8, 4) is 23.3 Å². The van der Waals surface area contributed by atoms with E-state index in [9.17, 15) is 18.0 Å². The fourth-order valence-corrected chi connectivity index (χ4v) is 2.47. The number of aryl methyl sites for hydroxylation is 1. The number of nitriles is 1. The van der Waals surface area contributed by atoms with Crippen LogP contribution in [0.1, 0.15) is 17.5 Å². The second-order valence-corrected chi connectivity index (χ2v) is 6.00. The number of hydrogen-bond acceptors (Lipinski definition) is 5. The number of nitrogens with zero attached hydrogens (tertiary/aromatic N) is 1. The smallest absolute Gasteiger partial charge is 0.422 e. The predicted octanol–water partition coefficient (Wildman–Crippen LogP) is 4.09. The van der Waals surface area contributed by atoms with Crippen molar-refractivity contribution in [3.05, 3.63) is 47.5 Å². The number of rotatable bonds is 8. The van der Waals surface area contributed by atoms with E-state index in [0.717, 1.165) is 5.56 Å². The molecule has 0 atom stereocenters. The number of amides is 1. The Morgan fingerprint density at radius 2 is 1.76 bits per heavy atom. The van der Waals surface area contributed by atoms with Gasteiger partial charge in [0.25, 0.3) is 0 Å². The van der Waals surface area contributed by atoms with E-state index in [0.29, 0.717) is 17.9 Å². The van der Waals surface area contributed by atoms with E-state index >= 15 is 0 Å². The molecule has 0 unspecified atom stereocenters. The van der Waals surface area contributed by atoms with Crippen molar-refractivity contribution in [1.82, 2.24) is 0 Å². The molecule has 0 aliphatic carbocycles. The number of anilines is 1. The van der Waals surface area contributed by atoms with Crippen molar-refractivity contribution >= 4 is 11.6 Å². The second kappa shape index (κ2) is 9.68. The molecule has 2 rings (SSSR count). The van der Waals surface area contributed by atoms with Crippen molar-refractivity contribution < 1.29 is 32.2 Å². The van der Waals surface area contributed by atoms with Crippen LogP contribution in [-0.2, 0) is 11.2 Å². The lowest BCUT2D eigenvalue weighted by Gasteiger charge is -2.12. The zero-order chi connectivity index (χ0) is 21.4. The number of methoxy groups -OCH3 is 2. The summed E-state index contributed by atoms with van der Waals surface area (Å²) < 4.78 is 51.8. The average molecular weight is 408 g/mol. The van der Waals surface area contributed by atoms with Gasteiger partial charge in [0.2, 0.25) is 5.91 Å². The molecule has 2 aromatic carbocycles. The van der Waals surface area contributed by atoms with Crippen LogP contribution in [0.3, 0.4) is 0 Å². The van der Waals surface area contributed by atoms with E-state index in [4.69, 9.17) is 14.7 Å². The van der Waals surface area contributed by atoms with Gasteiger partial charge >= 0.3 is 6.18 Å². The maximum atomic E-state index is 12.3. The van der Waals surface area contributed by atoms with Gasteiger partial charge in [-0.1, -0.05) is 0 Å². The van der Waals surface area contributed by atoms with Crippen molar-refractivity contribution in [2.75, 3.05) is 26.1 Å². The first-order chi connectivity index (χ1) is 13.7. The molecule has 0 aliphatic heterocycles. The summed E-state index contributed by atoms with van der Waals surface area (Å²) >= 11 is 0. The molecule has 0 saturated heterocycles. The summed E-state index contributed by atoms with van der Waals surface area (Å²) in [6.07, 6.45) is -3.95. The summed E-state index contributed by atoms with van der Waals surface area (Å²) in [5, 5.41) is 11.7. The maximum absolute atomic E-state index is 12.3. The first kappa shape index (κ1) is 21.9. The molecule has 0 saturated carbocycles. The standard InChI is InChI=1S/C20H19F3N2O4/c1-27-16-7-13(8-17(10-16)28-2)3-6-19(26)25-15-4-5-18(14(9-15)11-24)29-12-20(21,22)23/h4-5,7-10H,3,6,12H2,1-2H3,(H,25,26). The quantitative estimate of drug-likeness (QED) is 0.712. The molecule has 0 bridgehead atoms. The lowest BCUT2D eigenvalue weighted by molar-refractivity contribution is -0.153. The number of halogens is 3. The monoisotopic (exact) mass is 408 g/mol. The van der Waals surface area contributed by atoms with Gasteiger partial charge in [-0.15, -0.1) is 0 Å². The molecule has 6 nitrogen and oxygen atoms in total. The highest BCUT2D eigenvalue weighted by atomic mass is 19.4. The third kappa shape index (κ3) is 6.92. The van der Waals surface area contributed by atoms with Gasteiger partial charge in [0.05, 0.1) is 19.8 Å². The van der Waals surface area contributed by atoms with Gasteiger partial charge in [-0.3, -0.25) is 4.79 Å². The van der Waals surface area contributed by atoms with E-state index < -0.39 is 12.8 Å². The molecule has 0 aromatic heterocycles. The second-order valence-electron chi connectivity index (χ2n) is 6.00. The van der Waals surface area contributed by atoms with E-state index in [1.165, 1.54) is 32.4 Å². The van der Waals surface area contributed by atoms with Crippen LogP contribution in [0.15, 0.2) is 36.4 Å². The van der Waals surface area contributed by atoms with E-state index in [1.54, 1.807) is 24.3 Å². The summed E-state index contributed by atoms with van der Waals surface area (Å²) in [5.41, 5.74) is 1.02. The van der Waals surface area contributed by atoms with Crippen molar-refractivity contribution in [2.24, 2.45) is 0 Å². The van der Waals surface area contributed by atoms with Crippen molar-refractivity contribution in [1.29, 1.82) is 5.26 Å². The van der Waals surface area contributed by atoms with Crippen molar-refractivity contribution in [3.63, 3.8) is 0 Å². The zero-order valence-corrected chi connectivity index (χ0v) is 15.8. The Kier molecular flexibility index (Phi) is 7.31. The van der Waals surface area contributed by atoms with E-state index in [-0.39, 0.29) is 29.3 Å². The first-order valence-corrected chi connectivity index (χ1v) is 8.49. The van der Waals surface area contributed by atoms with Crippen LogP contribution < -0.4 is 19.5 Å². The molecular weight excluding hydrogens is 389 g/mol. The Bertz CT molecular complexity index is 885. The normalized spacial score (nSPS) is 10.8.